The van der Waals surface area contributed by atoms with Crippen LogP contribution in [0.5, 0.6) is 5.75 Å². The van der Waals surface area contributed by atoms with Crippen LogP contribution in [-0.4, -0.2) is 29.0 Å². The number of fused-ring (bicyclic) bond motifs is 1. The predicted molar refractivity (Wildman–Crippen MR) is 79.9 cm³/mol. The first-order chi connectivity index (χ1) is 9.65. The first-order valence-corrected chi connectivity index (χ1v) is 7.16. The molecule has 1 saturated heterocycles. The van der Waals surface area contributed by atoms with Gasteiger partial charge < -0.3 is 10.0 Å². The molecule has 1 N–H and O–H groups in total. The molecule has 104 valence electrons. The number of carbonyl (C=O) groups excluding carboxylic acids is 1. The van der Waals surface area contributed by atoms with Crippen LogP contribution in [0.3, 0.4) is 0 Å². The van der Waals surface area contributed by atoms with Gasteiger partial charge >= 0.3 is 0 Å². The molecule has 0 radical (unpaired) electrons. The van der Waals surface area contributed by atoms with Crippen LogP contribution in [-0.2, 0) is 0 Å². The van der Waals surface area contributed by atoms with Gasteiger partial charge in [-0.1, -0.05) is 19.1 Å². The van der Waals surface area contributed by atoms with E-state index < -0.39 is 0 Å². The Morgan fingerprint density at radius 2 is 1.95 bits per heavy atom. The van der Waals surface area contributed by atoms with Crippen LogP contribution in [0.25, 0.3) is 10.8 Å². The fraction of sp³-hybridized carbons (Fsp3) is 0.353. The van der Waals surface area contributed by atoms with Crippen LogP contribution in [0.1, 0.15) is 30.1 Å². The molecule has 0 spiro atoms. The first kappa shape index (κ1) is 13.0. The summed E-state index contributed by atoms with van der Waals surface area (Å²) in [5, 5.41) is 11.5. The normalized spacial score (nSPS) is 16.6. The number of nitrogens with zero attached hydrogens (tertiary/aromatic N) is 1. The molecule has 1 amide bonds. The summed E-state index contributed by atoms with van der Waals surface area (Å²) in [6, 6.07) is 10.9. The molecule has 1 heterocycles. The van der Waals surface area contributed by atoms with Crippen molar-refractivity contribution in [2.75, 3.05) is 13.1 Å². The maximum atomic E-state index is 12.5. The molecule has 0 aromatic heterocycles. The number of rotatable bonds is 1. The topological polar surface area (TPSA) is 40.5 Å². The number of phenols is 1. The SMILES string of the molecule is CC1CCN(C(=O)c2ccc3c(O)cccc3c2)CC1. The zero-order chi connectivity index (χ0) is 14.1. The fourth-order valence-corrected chi connectivity index (χ4v) is 2.79. The lowest BCUT2D eigenvalue weighted by molar-refractivity contribution is 0.0697. The van der Waals surface area contributed by atoms with Crippen molar-refractivity contribution >= 4 is 16.7 Å². The maximum Gasteiger partial charge on any atom is 0.253 e. The van der Waals surface area contributed by atoms with Crippen molar-refractivity contribution < 1.29 is 9.90 Å². The summed E-state index contributed by atoms with van der Waals surface area (Å²) in [5.41, 5.74) is 0.706. The largest absolute Gasteiger partial charge is 0.507 e. The second kappa shape index (κ2) is 5.16. The summed E-state index contributed by atoms with van der Waals surface area (Å²) < 4.78 is 0. The van der Waals surface area contributed by atoms with Crippen molar-refractivity contribution in [2.24, 2.45) is 5.92 Å². The number of carbonyl (C=O) groups is 1. The van der Waals surface area contributed by atoms with E-state index in [1.54, 1.807) is 12.1 Å². The Morgan fingerprint density at radius 3 is 2.70 bits per heavy atom. The van der Waals surface area contributed by atoms with Gasteiger partial charge in [0.2, 0.25) is 0 Å². The van der Waals surface area contributed by atoms with E-state index in [0.717, 1.165) is 36.7 Å². The third-order valence-corrected chi connectivity index (χ3v) is 4.18. The van der Waals surface area contributed by atoms with Gasteiger partial charge in [0, 0.05) is 24.0 Å². The summed E-state index contributed by atoms with van der Waals surface area (Å²) in [4.78, 5) is 14.4. The van der Waals surface area contributed by atoms with Gasteiger partial charge in [0.15, 0.2) is 0 Å². The van der Waals surface area contributed by atoms with Crippen LogP contribution < -0.4 is 0 Å². The maximum absolute atomic E-state index is 12.5. The number of piperidine rings is 1. The molecule has 1 fully saturated rings. The molecule has 1 aliphatic heterocycles. The minimum atomic E-state index is 0.0992. The van der Waals surface area contributed by atoms with Crippen LogP contribution in [0.15, 0.2) is 36.4 Å². The highest BCUT2D eigenvalue weighted by Crippen LogP contribution is 2.26. The molecule has 0 unspecified atom stereocenters. The van der Waals surface area contributed by atoms with Crippen molar-refractivity contribution in [1.29, 1.82) is 0 Å². The summed E-state index contributed by atoms with van der Waals surface area (Å²) in [7, 11) is 0. The molecule has 2 aromatic rings. The van der Waals surface area contributed by atoms with Gasteiger partial charge in [-0.2, -0.15) is 0 Å². The van der Waals surface area contributed by atoms with Gasteiger partial charge in [-0.3, -0.25) is 4.79 Å². The Balaban J connectivity index is 1.88. The van der Waals surface area contributed by atoms with Gasteiger partial charge in [-0.25, -0.2) is 0 Å². The standard InChI is InChI=1S/C17H19NO2/c1-12-7-9-18(10-8-12)17(20)14-5-6-15-13(11-14)3-2-4-16(15)19/h2-6,11-12,19H,7-10H2,1H3. The number of hydrogen-bond acceptors (Lipinski definition) is 2. The van der Waals surface area contributed by atoms with E-state index in [1.165, 1.54) is 0 Å². The minimum absolute atomic E-state index is 0.0992. The molecule has 20 heavy (non-hydrogen) atoms. The molecule has 0 atom stereocenters. The number of benzene rings is 2. The van der Waals surface area contributed by atoms with E-state index in [4.69, 9.17) is 0 Å². The van der Waals surface area contributed by atoms with Crippen molar-refractivity contribution in [1.82, 2.24) is 4.90 Å². The monoisotopic (exact) mass is 269 g/mol. The van der Waals surface area contributed by atoms with Crippen LogP contribution in [0, 0.1) is 5.92 Å². The quantitative estimate of drug-likeness (QED) is 0.861. The van der Waals surface area contributed by atoms with Crippen molar-refractivity contribution in [3.05, 3.63) is 42.0 Å². The Morgan fingerprint density at radius 1 is 1.20 bits per heavy atom. The third-order valence-electron chi connectivity index (χ3n) is 4.18. The molecule has 3 nitrogen and oxygen atoms in total. The molecule has 0 bridgehead atoms. The predicted octanol–water partition coefficient (Wildman–Crippen LogP) is 3.42. The number of amides is 1. The van der Waals surface area contributed by atoms with E-state index in [9.17, 15) is 9.90 Å². The lowest BCUT2D eigenvalue weighted by Crippen LogP contribution is -2.37. The Bertz CT molecular complexity index is 642. The average molecular weight is 269 g/mol. The summed E-state index contributed by atoms with van der Waals surface area (Å²) in [5.74, 6) is 1.07. The van der Waals surface area contributed by atoms with E-state index in [2.05, 4.69) is 6.92 Å². The van der Waals surface area contributed by atoms with Crippen molar-refractivity contribution in [2.45, 2.75) is 19.8 Å². The molecule has 0 saturated carbocycles. The highest BCUT2D eigenvalue weighted by molar-refractivity contribution is 5.99. The lowest BCUT2D eigenvalue weighted by atomic mass is 9.98. The average Bonchev–Trinajstić information content (AvgIpc) is 2.47. The first-order valence-electron chi connectivity index (χ1n) is 7.16. The second-order valence-corrected chi connectivity index (χ2v) is 5.69. The van der Waals surface area contributed by atoms with Gasteiger partial charge in [-0.05, 0) is 48.4 Å². The van der Waals surface area contributed by atoms with Crippen molar-refractivity contribution in [3.8, 4) is 5.75 Å². The third kappa shape index (κ3) is 2.36. The number of hydrogen-bond donors (Lipinski definition) is 1. The van der Waals surface area contributed by atoms with E-state index >= 15 is 0 Å². The zero-order valence-corrected chi connectivity index (χ0v) is 11.7. The molecular weight excluding hydrogens is 250 g/mol. The van der Waals surface area contributed by atoms with Crippen LogP contribution >= 0.6 is 0 Å². The highest BCUT2D eigenvalue weighted by atomic mass is 16.3. The molecule has 2 aromatic carbocycles. The number of phenolic OH excluding ortho intramolecular Hbond substituents is 1. The van der Waals surface area contributed by atoms with E-state index in [0.29, 0.717) is 11.5 Å². The summed E-state index contributed by atoms with van der Waals surface area (Å²) >= 11 is 0. The van der Waals surface area contributed by atoms with Crippen molar-refractivity contribution in [3.63, 3.8) is 0 Å². The van der Waals surface area contributed by atoms with E-state index in [-0.39, 0.29) is 11.7 Å². The molecule has 1 aliphatic rings. The fourth-order valence-electron chi connectivity index (χ4n) is 2.79. The van der Waals surface area contributed by atoms with Crippen LogP contribution in [0.4, 0.5) is 0 Å². The smallest absolute Gasteiger partial charge is 0.253 e. The summed E-state index contributed by atoms with van der Waals surface area (Å²) in [6.45, 7) is 3.93. The van der Waals surface area contributed by atoms with Gasteiger partial charge in [0.25, 0.3) is 5.91 Å². The Kier molecular flexibility index (Phi) is 3.35. The molecule has 0 aliphatic carbocycles. The Hall–Kier alpha value is -2.03. The molecule has 3 rings (SSSR count). The number of aromatic hydroxyl groups is 1. The van der Waals surface area contributed by atoms with Gasteiger partial charge in [0.05, 0.1) is 0 Å². The van der Waals surface area contributed by atoms with Crippen LogP contribution in [0.2, 0.25) is 0 Å². The number of likely N-dealkylation sites (tertiary alicyclic amines) is 1. The minimum Gasteiger partial charge on any atom is -0.507 e. The van der Waals surface area contributed by atoms with Gasteiger partial charge in [0.1, 0.15) is 5.75 Å². The summed E-state index contributed by atoms with van der Waals surface area (Å²) in [6.07, 6.45) is 2.17. The molecular formula is C17H19NO2. The zero-order valence-electron chi connectivity index (χ0n) is 11.7. The highest BCUT2D eigenvalue weighted by Gasteiger charge is 2.21. The Labute approximate surface area is 118 Å². The lowest BCUT2D eigenvalue weighted by Gasteiger charge is -2.30. The van der Waals surface area contributed by atoms with E-state index in [1.807, 2.05) is 29.2 Å². The molecule has 3 heteroatoms. The second-order valence-electron chi connectivity index (χ2n) is 5.69. The van der Waals surface area contributed by atoms with Gasteiger partial charge in [-0.15, -0.1) is 0 Å².